The summed E-state index contributed by atoms with van der Waals surface area (Å²) in [6, 6.07) is 18.3. The number of aromatic amines is 1. The molecule has 0 spiro atoms. The lowest BCUT2D eigenvalue weighted by Crippen LogP contribution is -2.36. The van der Waals surface area contributed by atoms with Crippen LogP contribution in [0.25, 0.3) is 21.7 Å². The minimum Gasteiger partial charge on any atom is -0.361 e. The standard InChI is InChI=1S/C27H28FN3S/c28-22-8-9-24-23(17-22)21(18-29-24)16-19-10-14-30(15-11-19)12-3-13-31-25-6-1-4-20-5-2-7-26(32-31)27(20)25/h1-2,4-9,17-19,29H,3,10-16H2. The van der Waals surface area contributed by atoms with Crippen molar-refractivity contribution in [2.75, 3.05) is 30.5 Å². The van der Waals surface area contributed by atoms with Gasteiger partial charge in [0.05, 0.1) is 5.69 Å². The average Bonchev–Trinajstić information content (AvgIpc) is 3.38. The van der Waals surface area contributed by atoms with E-state index in [1.807, 2.05) is 18.0 Å². The number of benzene rings is 3. The van der Waals surface area contributed by atoms with Crippen LogP contribution < -0.4 is 4.31 Å². The van der Waals surface area contributed by atoms with Gasteiger partial charge in [-0.25, -0.2) is 4.39 Å². The zero-order valence-corrected chi connectivity index (χ0v) is 19.0. The van der Waals surface area contributed by atoms with Crippen molar-refractivity contribution in [2.45, 2.75) is 30.6 Å². The van der Waals surface area contributed by atoms with Gasteiger partial charge in [0.15, 0.2) is 0 Å². The van der Waals surface area contributed by atoms with Crippen LogP contribution in [-0.4, -0.2) is 36.1 Å². The van der Waals surface area contributed by atoms with Gasteiger partial charge in [-0.2, -0.15) is 0 Å². The molecule has 0 saturated carbocycles. The monoisotopic (exact) mass is 445 g/mol. The molecule has 0 bridgehead atoms. The van der Waals surface area contributed by atoms with Gasteiger partial charge in [-0.05, 0) is 104 Å². The summed E-state index contributed by atoms with van der Waals surface area (Å²) in [5.41, 5.74) is 3.67. The fourth-order valence-electron chi connectivity index (χ4n) is 5.39. The van der Waals surface area contributed by atoms with Gasteiger partial charge in [0, 0.05) is 33.9 Å². The molecule has 0 aliphatic carbocycles. The van der Waals surface area contributed by atoms with Crippen LogP contribution in [0, 0.1) is 11.7 Å². The van der Waals surface area contributed by atoms with Gasteiger partial charge in [-0.1, -0.05) is 24.3 Å². The highest BCUT2D eigenvalue weighted by Gasteiger charge is 2.23. The number of nitrogens with one attached hydrogen (secondary N) is 1. The van der Waals surface area contributed by atoms with Crippen LogP contribution in [0.5, 0.6) is 0 Å². The first-order valence-corrected chi connectivity index (χ1v) is 12.5. The third-order valence-electron chi connectivity index (χ3n) is 7.10. The van der Waals surface area contributed by atoms with Crippen LogP contribution in [0.3, 0.4) is 0 Å². The number of likely N-dealkylation sites (tertiary alicyclic amines) is 1. The normalized spacial score (nSPS) is 17.1. The van der Waals surface area contributed by atoms with E-state index in [0.29, 0.717) is 5.92 Å². The second-order valence-electron chi connectivity index (χ2n) is 9.17. The summed E-state index contributed by atoms with van der Waals surface area (Å²) >= 11 is 1.89. The summed E-state index contributed by atoms with van der Waals surface area (Å²) in [6.07, 6.45) is 6.76. The Balaban J connectivity index is 1.00. The van der Waals surface area contributed by atoms with Crippen LogP contribution in [-0.2, 0) is 6.42 Å². The molecule has 2 aliphatic heterocycles. The molecule has 0 radical (unpaired) electrons. The van der Waals surface area contributed by atoms with Gasteiger partial charge in [0.1, 0.15) is 5.82 Å². The minimum absolute atomic E-state index is 0.149. The van der Waals surface area contributed by atoms with Gasteiger partial charge in [0.2, 0.25) is 0 Å². The maximum absolute atomic E-state index is 13.7. The van der Waals surface area contributed by atoms with Crippen LogP contribution in [0.4, 0.5) is 10.1 Å². The molecular weight excluding hydrogens is 417 g/mol. The second-order valence-corrected chi connectivity index (χ2v) is 10.2. The second kappa shape index (κ2) is 8.45. The first-order chi connectivity index (χ1) is 15.7. The number of hydrogen-bond donors (Lipinski definition) is 1. The average molecular weight is 446 g/mol. The van der Waals surface area contributed by atoms with Crippen molar-refractivity contribution in [2.24, 2.45) is 5.92 Å². The Hall–Kier alpha value is -2.50. The Morgan fingerprint density at radius 2 is 1.84 bits per heavy atom. The quantitative estimate of drug-likeness (QED) is 0.337. The van der Waals surface area contributed by atoms with Gasteiger partial charge < -0.3 is 14.2 Å². The fraction of sp³-hybridized carbons (Fsp3) is 0.333. The number of rotatable bonds is 6. The predicted octanol–water partition coefficient (Wildman–Crippen LogP) is 6.63. The van der Waals surface area contributed by atoms with Gasteiger partial charge in [0.25, 0.3) is 0 Å². The van der Waals surface area contributed by atoms with Crippen molar-refractivity contribution in [3.05, 3.63) is 72.2 Å². The maximum atomic E-state index is 13.7. The van der Waals surface area contributed by atoms with E-state index in [1.165, 1.54) is 65.3 Å². The van der Waals surface area contributed by atoms with Crippen molar-refractivity contribution in [1.82, 2.24) is 9.88 Å². The Morgan fingerprint density at radius 3 is 2.72 bits per heavy atom. The van der Waals surface area contributed by atoms with Crippen LogP contribution in [0.15, 0.2) is 65.7 Å². The Bertz CT molecular complexity index is 1250. The van der Waals surface area contributed by atoms with E-state index >= 15 is 0 Å². The molecule has 3 heterocycles. The van der Waals surface area contributed by atoms with E-state index in [-0.39, 0.29) is 5.82 Å². The van der Waals surface area contributed by atoms with Crippen molar-refractivity contribution < 1.29 is 4.39 Å². The van der Waals surface area contributed by atoms with Crippen LogP contribution in [0.1, 0.15) is 24.8 Å². The minimum atomic E-state index is -0.149. The van der Waals surface area contributed by atoms with E-state index in [4.69, 9.17) is 0 Å². The van der Waals surface area contributed by atoms with E-state index in [1.54, 1.807) is 6.07 Å². The molecule has 6 rings (SSSR count). The Morgan fingerprint density at radius 1 is 1.00 bits per heavy atom. The number of piperidine rings is 1. The molecular formula is C27H28FN3S. The lowest BCUT2D eigenvalue weighted by Gasteiger charge is -2.32. The molecule has 1 aromatic heterocycles. The third-order valence-corrected chi connectivity index (χ3v) is 8.24. The molecule has 1 fully saturated rings. The highest BCUT2D eigenvalue weighted by Crippen LogP contribution is 2.45. The number of halogens is 1. The summed E-state index contributed by atoms with van der Waals surface area (Å²) in [5.74, 6) is 0.540. The number of H-pyrrole nitrogens is 1. The van der Waals surface area contributed by atoms with Crippen molar-refractivity contribution in [3.8, 4) is 0 Å². The topological polar surface area (TPSA) is 22.3 Å². The molecule has 1 N–H and O–H groups in total. The molecule has 3 aromatic carbocycles. The number of hydrogen-bond acceptors (Lipinski definition) is 3. The summed E-state index contributed by atoms with van der Waals surface area (Å²) in [4.78, 5) is 7.31. The highest BCUT2D eigenvalue weighted by molar-refractivity contribution is 8.01. The molecule has 2 aliphatic rings. The predicted molar refractivity (Wildman–Crippen MR) is 133 cm³/mol. The highest BCUT2D eigenvalue weighted by atomic mass is 32.2. The van der Waals surface area contributed by atoms with Gasteiger partial charge in [-0.15, -0.1) is 0 Å². The molecule has 5 heteroatoms. The third kappa shape index (κ3) is 3.78. The number of fused-ring (bicyclic) bond motifs is 1. The summed E-state index contributed by atoms with van der Waals surface area (Å²) in [7, 11) is 0. The van der Waals surface area contributed by atoms with Crippen molar-refractivity contribution >= 4 is 39.3 Å². The molecule has 1 saturated heterocycles. The fourth-order valence-corrected chi connectivity index (χ4v) is 6.55. The lowest BCUT2D eigenvalue weighted by molar-refractivity contribution is 0.183. The van der Waals surface area contributed by atoms with E-state index < -0.39 is 0 Å². The maximum Gasteiger partial charge on any atom is 0.123 e. The van der Waals surface area contributed by atoms with Crippen molar-refractivity contribution in [1.29, 1.82) is 0 Å². The number of anilines is 1. The molecule has 164 valence electrons. The van der Waals surface area contributed by atoms with E-state index in [0.717, 1.165) is 30.4 Å². The molecule has 0 amide bonds. The van der Waals surface area contributed by atoms with E-state index in [2.05, 4.69) is 56.8 Å². The van der Waals surface area contributed by atoms with Crippen LogP contribution >= 0.6 is 11.9 Å². The number of nitrogens with zero attached hydrogens (tertiary/aromatic N) is 2. The molecule has 32 heavy (non-hydrogen) atoms. The van der Waals surface area contributed by atoms with Crippen molar-refractivity contribution in [3.63, 3.8) is 0 Å². The van der Waals surface area contributed by atoms with Crippen LogP contribution in [0.2, 0.25) is 0 Å². The molecule has 3 nitrogen and oxygen atoms in total. The summed E-state index contributed by atoms with van der Waals surface area (Å²) in [5, 5.41) is 3.81. The number of aromatic nitrogens is 1. The lowest BCUT2D eigenvalue weighted by atomic mass is 9.90. The Labute approximate surface area is 192 Å². The largest absolute Gasteiger partial charge is 0.361 e. The first kappa shape index (κ1) is 20.1. The SMILES string of the molecule is Fc1ccc2[nH]cc(CC3CCN(CCCN4Sc5cccc6cccc4c56)CC3)c2c1. The zero-order valence-electron chi connectivity index (χ0n) is 18.2. The molecule has 0 atom stereocenters. The summed E-state index contributed by atoms with van der Waals surface area (Å²) in [6.45, 7) is 4.59. The van der Waals surface area contributed by atoms with Gasteiger partial charge in [-0.3, -0.25) is 0 Å². The first-order valence-electron chi connectivity index (χ1n) is 11.7. The van der Waals surface area contributed by atoms with Gasteiger partial charge >= 0.3 is 0 Å². The smallest absolute Gasteiger partial charge is 0.123 e. The summed E-state index contributed by atoms with van der Waals surface area (Å²) < 4.78 is 16.1. The molecule has 4 aromatic rings. The zero-order chi connectivity index (χ0) is 21.5. The van der Waals surface area contributed by atoms with E-state index in [9.17, 15) is 4.39 Å². The Kier molecular flexibility index (Phi) is 5.32. The molecule has 0 unspecified atom stereocenters.